The number of unbranched alkanes of at least 4 members (excludes halogenated alkanes) is 27. The Morgan fingerprint density at radius 1 is 0.343 bits per heavy atom. The third kappa shape index (κ3) is 46.0. The molecule has 3 aliphatic rings. The third-order valence-electron chi connectivity index (χ3n) is 19.8. The lowest BCUT2D eigenvalue weighted by molar-refractivity contribution is -0.379. The van der Waals surface area contributed by atoms with Crippen molar-refractivity contribution < 1.29 is 89.4 Å². The van der Waals surface area contributed by atoms with E-state index in [0.29, 0.717) is 12.8 Å². The van der Waals surface area contributed by atoms with Gasteiger partial charge in [-0.2, -0.15) is 0 Å². The van der Waals surface area contributed by atoms with Crippen LogP contribution in [-0.4, -0.2) is 193 Å². The van der Waals surface area contributed by atoms with Gasteiger partial charge in [-0.25, -0.2) is 0 Å². The molecule has 0 bridgehead atoms. The standard InChI is InChI=1S/C89H149NO18/c1-3-5-7-9-11-13-15-17-19-21-23-25-27-29-30-31-32-33-34-35-36-37-38-39-40-41-42-43-45-47-49-51-53-55-57-59-61-63-65-67-77(95)90-72(73(94)66-64-62-60-58-56-54-52-50-48-46-44-28-26-24-22-20-18-16-14-12-10-8-6-4-2)71-103-87-83(101)80(98)85(75(69-92)105-87)108-89-84(102)81(99)86(76(70-93)106-89)107-88-82(100)79(97)78(96)74(68-91)104-88/h5,7,11,13,17,19,23,25,29-30,32-33,35-36,38-39,41-42,48,50,56,58,64,66,72-76,78-89,91-94,96-102H,3-4,6,8-10,12,14-16,18,20-22,24,26-28,31,34,37,40,43-47,49,51-55,57,59-63,65,67-71H2,1-2H3,(H,90,95)/b7-5-,13-11-,19-17-,25-23-,30-29-,33-32-,36-35-,39-38-,42-41-,50-48+,58-56+,66-64+. The molecule has 0 aliphatic carbocycles. The van der Waals surface area contributed by atoms with Crippen LogP contribution in [0.4, 0.5) is 0 Å². The molecule has 19 heteroatoms. The number of aliphatic hydroxyl groups excluding tert-OH is 11. The summed E-state index contributed by atoms with van der Waals surface area (Å²) in [6.07, 6.45) is 71.2. The highest BCUT2D eigenvalue weighted by atomic mass is 16.8. The second kappa shape index (κ2) is 67.2. The van der Waals surface area contributed by atoms with Crippen LogP contribution >= 0.6 is 0 Å². The van der Waals surface area contributed by atoms with Gasteiger partial charge in [-0.15, -0.1) is 0 Å². The first-order valence-electron chi connectivity index (χ1n) is 42.1. The van der Waals surface area contributed by atoms with Gasteiger partial charge in [-0.3, -0.25) is 4.79 Å². The highest BCUT2D eigenvalue weighted by Gasteiger charge is 2.54. The summed E-state index contributed by atoms with van der Waals surface area (Å²) in [6, 6.07) is -1.01. The van der Waals surface area contributed by atoms with Crippen LogP contribution in [0.15, 0.2) is 146 Å². The fourth-order valence-electron chi connectivity index (χ4n) is 13.2. The molecule has 0 spiro atoms. The van der Waals surface area contributed by atoms with Gasteiger partial charge in [0.05, 0.1) is 38.6 Å². The van der Waals surface area contributed by atoms with Crippen LogP contribution < -0.4 is 5.32 Å². The van der Waals surface area contributed by atoms with Crippen molar-refractivity contribution in [3.63, 3.8) is 0 Å². The predicted octanol–water partition coefficient (Wildman–Crippen LogP) is 15.0. The largest absolute Gasteiger partial charge is 0.394 e. The van der Waals surface area contributed by atoms with Crippen LogP contribution in [0.1, 0.15) is 277 Å². The average Bonchev–Trinajstić information content (AvgIpc) is 0.775. The molecule has 3 fully saturated rings. The zero-order chi connectivity index (χ0) is 78.1. The third-order valence-corrected chi connectivity index (χ3v) is 19.8. The van der Waals surface area contributed by atoms with Gasteiger partial charge >= 0.3 is 0 Å². The Morgan fingerprint density at radius 3 is 1.04 bits per heavy atom. The second-order valence-electron chi connectivity index (χ2n) is 29.2. The topological polar surface area (TPSA) is 307 Å². The molecule has 17 atom stereocenters. The number of amides is 1. The van der Waals surface area contributed by atoms with Crippen molar-refractivity contribution in [1.82, 2.24) is 5.32 Å². The van der Waals surface area contributed by atoms with Gasteiger partial charge < -0.3 is 89.9 Å². The van der Waals surface area contributed by atoms with Crippen LogP contribution in [-0.2, 0) is 33.2 Å². The summed E-state index contributed by atoms with van der Waals surface area (Å²) in [7, 11) is 0. The molecular weight excluding hydrogens is 1370 g/mol. The molecule has 0 aromatic carbocycles. The zero-order valence-electron chi connectivity index (χ0n) is 66.3. The first-order chi connectivity index (χ1) is 52.8. The summed E-state index contributed by atoms with van der Waals surface area (Å²) in [5.74, 6) is -0.297. The van der Waals surface area contributed by atoms with Crippen LogP contribution in [0.3, 0.4) is 0 Å². The molecule has 1 amide bonds. The van der Waals surface area contributed by atoms with Gasteiger partial charge in [0, 0.05) is 6.42 Å². The summed E-state index contributed by atoms with van der Waals surface area (Å²) < 4.78 is 34.4. The monoisotopic (exact) mass is 1520 g/mol. The minimum Gasteiger partial charge on any atom is -0.394 e. The molecule has 0 aromatic heterocycles. The summed E-state index contributed by atoms with van der Waals surface area (Å²) in [6.45, 7) is 1.60. The van der Waals surface area contributed by atoms with E-state index in [1.165, 1.54) is 128 Å². The first-order valence-corrected chi connectivity index (χ1v) is 42.1. The molecule has 0 saturated carbocycles. The Morgan fingerprint density at radius 2 is 0.648 bits per heavy atom. The molecule has 108 heavy (non-hydrogen) atoms. The number of carbonyl (C=O) groups is 1. The summed E-state index contributed by atoms with van der Waals surface area (Å²) in [5, 5.41) is 121. The van der Waals surface area contributed by atoms with E-state index >= 15 is 0 Å². The van der Waals surface area contributed by atoms with Gasteiger partial charge in [0.25, 0.3) is 0 Å². The Bertz CT molecular complexity index is 2520. The van der Waals surface area contributed by atoms with Gasteiger partial charge in [-0.1, -0.05) is 301 Å². The Kier molecular flexibility index (Phi) is 60.9. The quantitative estimate of drug-likeness (QED) is 0.0199. The average molecular weight is 1520 g/mol. The fraction of sp³-hybridized carbons (Fsp3) is 0.719. The van der Waals surface area contributed by atoms with E-state index in [-0.39, 0.29) is 18.9 Å². The van der Waals surface area contributed by atoms with Gasteiger partial charge in [0.15, 0.2) is 18.9 Å². The van der Waals surface area contributed by atoms with E-state index in [4.69, 9.17) is 28.4 Å². The van der Waals surface area contributed by atoms with E-state index in [2.05, 4.69) is 153 Å². The van der Waals surface area contributed by atoms with Gasteiger partial charge in [-0.05, 0) is 116 Å². The number of carbonyl (C=O) groups excluding carboxylic acids is 1. The van der Waals surface area contributed by atoms with Crippen LogP contribution in [0.5, 0.6) is 0 Å². The minimum absolute atomic E-state index is 0.219. The fourth-order valence-corrected chi connectivity index (χ4v) is 13.2. The molecule has 0 radical (unpaired) electrons. The summed E-state index contributed by atoms with van der Waals surface area (Å²) in [4.78, 5) is 13.5. The van der Waals surface area contributed by atoms with Crippen LogP contribution in [0, 0.1) is 0 Å². The number of hydrogen-bond acceptors (Lipinski definition) is 18. The normalized spacial score (nSPS) is 26.2. The number of rotatable bonds is 65. The van der Waals surface area contributed by atoms with E-state index in [0.717, 1.165) is 116 Å². The smallest absolute Gasteiger partial charge is 0.220 e. The molecule has 12 N–H and O–H groups in total. The van der Waals surface area contributed by atoms with Crippen molar-refractivity contribution in [1.29, 1.82) is 0 Å². The SMILES string of the molecule is CC/C=C\C/C=C\C/C=C\C/C=C\C/C=C\C/C=C\C/C=C\C/C=C\C/C=C\CCCCCCCCCCCCCC(=O)NC(COC1OC(CO)C(OC2OC(CO)C(OC3OC(CO)C(O)C(O)C3O)C(O)C2O)C(O)C1O)C(O)/C=C/CC/C=C/CC/C=C/CCCCCCCCCCCCCCCC. The van der Waals surface area contributed by atoms with Crippen molar-refractivity contribution >= 4 is 5.91 Å². The van der Waals surface area contributed by atoms with Crippen molar-refractivity contribution in [2.45, 2.75) is 381 Å². The van der Waals surface area contributed by atoms with Crippen molar-refractivity contribution in [3.8, 4) is 0 Å². The van der Waals surface area contributed by atoms with E-state index < -0.39 is 124 Å². The minimum atomic E-state index is -1.99. The molecule has 3 rings (SSSR count). The van der Waals surface area contributed by atoms with Crippen molar-refractivity contribution in [2.24, 2.45) is 0 Å². The van der Waals surface area contributed by atoms with Crippen molar-refractivity contribution in [3.05, 3.63) is 146 Å². The Labute approximate surface area is 651 Å². The van der Waals surface area contributed by atoms with Gasteiger partial charge in [0.1, 0.15) is 73.2 Å². The molecule has 17 unspecified atom stereocenters. The highest BCUT2D eigenvalue weighted by molar-refractivity contribution is 5.76. The first kappa shape index (κ1) is 97.9. The maximum atomic E-state index is 13.5. The number of hydrogen-bond donors (Lipinski definition) is 12. The molecule has 618 valence electrons. The molecule has 19 nitrogen and oxygen atoms in total. The number of nitrogens with one attached hydrogen (secondary N) is 1. The number of allylic oxidation sites excluding steroid dienone is 23. The zero-order valence-corrected chi connectivity index (χ0v) is 66.3. The molecule has 3 saturated heterocycles. The van der Waals surface area contributed by atoms with Crippen LogP contribution in [0.25, 0.3) is 0 Å². The molecule has 3 heterocycles. The number of aliphatic hydroxyl groups is 11. The predicted molar refractivity (Wildman–Crippen MR) is 433 cm³/mol. The number of ether oxygens (including phenoxy) is 6. The summed E-state index contributed by atoms with van der Waals surface area (Å²) >= 11 is 0. The maximum absolute atomic E-state index is 13.5. The Hall–Kier alpha value is -4.33. The maximum Gasteiger partial charge on any atom is 0.220 e. The lowest BCUT2D eigenvalue weighted by Gasteiger charge is -2.48. The lowest BCUT2D eigenvalue weighted by Crippen LogP contribution is -2.66. The molecular formula is C89H149NO18. The van der Waals surface area contributed by atoms with E-state index in [9.17, 15) is 61.0 Å². The summed E-state index contributed by atoms with van der Waals surface area (Å²) in [5.41, 5.74) is 0. The lowest BCUT2D eigenvalue weighted by atomic mass is 9.96. The molecule has 3 aliphatic heterocycles. The molecule has 0 aromatic rings. The van der Waals surface area contributed by atoms with E-state index in [1.54, 1.807) is 6.08 Å². The van der Waals surface area contributed by atoms with E-state index in [1.807, 2.05) is 6.08 Å². The van der Waals surface area contributed by atoms with Gasteiger partial charge in [0.2, 0.25) is 5.91 Å². The highest BCUT2D eigenvalue weighted by Crippen LogP contribution is 2.33. The van der Waals surface area contributed by atoms with Crippen LogP contribution in [0.2, 0.25) is 0 Å². The Balaban J connectivity index is 1.36. The second-order valence-corrected chi connectivity index (χ2v) is 29.2. The van der Waals surface area contributed by atoms with Crippen molar-refractivity contribution in [2.75, 3.05) is 26.4 Å².